The van der Waals surface area contributed by atoms with Crippen LogP contribution in [0.4, 0.5) is 10.2 Å². The number of rotatable bonds is 3. The minimum absolute atomic E-state index is 0.208. The highest BCUT2D eigenvalue weighted by molar-refractivity contribution is 5.86. The largest absolute Gasteiger partial charge is 0.380 e. The number of amides is 1. The molecule has 29 heavy (non-hydrogen) atoms. The van der Waals surface area contributed by atoms with E-state index >= 15 is 0 Å². The van der Waals surface area contributed by atoms with Gasteiger partial charge in [0.25, 0.3) is 5.91 Å². The Kier molecular flexibility index (Phi) is 5.16. The van der Waals surface area contributed by atoms with Crippen molar-refractivity contribution >= 4 is 11.7 Å². The first kappa shape index (κ1) is 19.3. The van der Waals surface area contributed by atoms with Gasteiger partial charge in [0.15, 0.2) is 0 Å². The van der Waals surface area contributed by atoms with E-state index in [1.54, 1.807) is 17.0 Å². The van der Waals surface area contributed by atoms with Crippen LogP contribution in [0.1, 0.15) is 43.0 Å². The summed E-state index contributed by atoms with van der Waals surface area (Å²) >= 11 is 0. The zero-order chi connectivity index (χ0) is 20.4. The van der Waals surface area contributed by atoms with E-state index in [9.17, 15) is 14.3 Å². The van der Waals surface area contributed by atoms with Crippen molar-refractivity contribution in [3.05, 3.63) is 53.7 Å². The van der Waals surface area contributed by atoms with Gasteiger partial charge >= 0.3 is 0 Å². The van der Waals surface area contributed by atoms with E-state index in [1.807, 2.05) is 17.0 Å². The van der Waals surface area contributed by atoms with Gasteiger partial charge in [0.05, 0.1) is 6.04 Å². The van der Waals surface area contributed by atoms with E-state index in [1.165, 1.54) is 18.5 Å². The highest BCUT2D eigenvalue weighted by atomic mass is 19.1. The highest BCUT2D eigenvalue weighted by Gasteiger charge is 2.45. The Hall–Kier alpha value is -3.05. The van der Waals surface area contributed by atoms with Crippen LogP contribution in [0.15, 0.2) is 36.7 Å². The summed E-state index contributed by atoms with van der Waals surface area (Å²) in [6, 6.07) is 9.71. The van der Waals surface area contributed by atoms with Gasteiger partial charge in [-0.05, 0) is 30.5 Å². The molecule has 4 rings (SSSR count). The SMILES string of the molecule is N#Cc1cc(N2CCC(O)(C(=O)N3CCC[C@H]3c3cccc(F)c3)CC2)ncn1. The van der Waals surface area contributed by atoms with Crippen LogP contribution in [0.25, 0.3) is 0 Å². The fraction of sp³-hybridized carbons (Fsp3) is 0.429. The van der Waals surface area contributed by atoms with Crippen LogP contribution in [-0.2, 0) is 4.79 Å². The van der Waals surface area contributed by atoms with E-state index in [2.05, 4.69) is 9.97 Å². The molecule has 2 saturated heterocycles. The topological polar surface area (TPSA) is 93.4 Å². The van der Waals surface area contributed by atoms with E-state index < -0.39 is 5.60 Å². The van der Waals surface area contributed by atoms with E-state index in [-0.39, 0.29) is 36.3 Å². The van der Waals surface area contributed by atoms with Gasteiger partial charge < -0.3 is 14.9 Å². The number of nitrogens with zero attached hydrogens (tertiary/aromatic N) is 5. The molecule has 2 aliphatic rings. The van der Waals surface area contributed by atoms with Gasteiger partial charge in [-0.15, -0.1) is 0 Å². The molecule has 0 saturated carbocycles. The second kappa shape index (κ2) is 7.76. The Morgan fingerprint density at radius 2 is 2.03 bits per heavy atom. The second-order valence-corrected chi connectivity index (χ2v) is 7.60. The number of likely N-dealkylation sites (tertiary alicyclic amines) is 1. The molecule has 0 spiro atoms. The van der Waals surface area contributed by atoms with Crippen LogP contribution in [0, 0.1) is 17.1 Å². The zero-order valence-corrected chi connectivity index (χ0v) is 16.0. The van der Waals surface area contributed by atoms with Gasteiger partial charge in [0, 0.05) is 38.5 Å². The number of nitriles is 1. The standard InChI is InChI=1S/C21H22FN5O2/c22-16-4-1-3-15(11-16)18-5-2-8-27(18)20(28)21(29)6-9-26(10-7-21)19-12-17(13-23)24-14-25-19/h1,3-4,11-12,14,18,29H,2,5-10H2/t18-/m0/s1. The molecule has 1 N–H and O–H groups in total. The van der Waals surface area contributed by atoms with Crippen LogP contribution < -0.4 is 4.90 Å². The zero-order valence-electron chi connectivity index (χ0n) is 16.0. The molecule has 3 heterocycles. The number of piperidine rings is 1. The average molecular weight is 395 g/mol. The third-order valence-electron chi connectivity index (χ3n) is 5.83. The van der Waals surface area contributed by atoms with Crippen molar-refractivity contribution in [2.45, 2.75) is 37.3 Å². The summed E-state index contributed by atoms with van der Waals surface area (Å²) in [5.74, 6) is 0.00424. The van der Waals surface area contributed by atoms with Crippen molar-refractivity contribution in [2.24, 2.45) is 0 Å². The Morgan fingerprint density at radius 1 is 1.24 bits per heavy atom. The highest BCUT2D eigenvalue weighted by Crippen LogP contribution is 2.36. The maximum absolute atomic E-state index is 13.6. The van der Waals surface area contributed by atoms with Crippen molar-refractivity contribution in [2.75, 3.05) is 24.5 Å². The van der Waals surface area contributed by atoms with E-state index in [4.69, 9.17) is 5.26 Å². The smallest absolute Gasteiger partial charge is 0.255 e. The fourth-order valence-electron chi connectivity index (χ4n) is 4.24. The molecule has 2 fully saturated rings. The van der Waals surface area contributed by atoms with Crippen molar-refractivity contribution in [1.29, 1.82) is 5.26 Å². The van der Waals surface area contributed by atoms with Gasteiger partial charge in [-0.3, -0.25) is 4.79 Å². The molecular formula is C21H22FN5O2. The Bertz CT molecular complexity index is 952. The van der Waals surface area contributed by atoms with Crippen LogP contribution in [0.2, 0.25) is 0 Å². The number of carbonyl (C=O) groups is 1. The minimum atomic E-state index is -1.45. The van der Waals surface area contributed by atoms with Gasteiger partial charge in [0.2, 0.25) is 0 Å². The number of anilines is 1. The van der Waals surface area contributed by atoms with Gasteiger partial charge in [-0.1, -0.05) is 12.1 Å². The van der Waals surface area contributed by atoms with Crippen LogP contribution in [-0.4, -0.2) is 51.1 Å². The summed E-state index contributed by atoms with van der Waals surface area (Å²) in [5.41, 5.74) is -0.402. The summed E-state index contributed by atoms with van der Waals surface area (Å²) in [4.78, 5) is 24.9. The molecule has 2 aromatic rings. The molecule has 0 aliphatic carbocycles. The third kappa shape index (κ3) is 3.78. The lowest BCUT2D eigenvalue weighted by Crippen LogP contribution is -2.55. The number of halogens is 1. The fourth-order valence-corrected chi connectivity index (χ4v) is 4.24. The lowest BCUT2D eigenvalue weighted by molar-refractivity contribution is -0.154. The molecule has 1 amide bonds. The third-order valence-corrected chi connectivity index (χ3v) is 5.83. The van der Waals surface area contributed by atoms with Crippen LogP contribution in [0.5, 0.6) is 0 Å². The molecule has 1 aromatic heterocycles. The lowest BCUT2D eigenvalue weighted by Gasteiger charge is -2.40. The molecule has 0 bridgehead atoms. The first-order valence-corrected chi connectivity index (χ1v) is 9.76. The molecular weight excluding hydrogens is 373 g/mol. The van der Waals surface area contributed by atoms with E-state index in [0.29, 0.717) is 25.5 Å². The quantitative estimate of drug-likeness (QED) is 0.856. The molecule has 7 nitrogen and oxygen atoms in total. The minimum Gasteiger partial charge on any atom is -0.380 e. The van der Waals surface area contributed by atoms with E-state index in [0.717, 1.165) is 18.4 Å². The van der Waals surface area contributed by atoms with Gasteiger partial charge in [0.1, 0.15) is 35.3 Å². The van der Waals surface area contributed by atoms with Gasteiger partial charge in [-0.25, -0.2) is 14.4 Å². The van der Waals surface area contributed by atoms with Crippen LogP contribution in [0.3, 0.4) is 0 Å². The Morgan fingerprint density at radius 3 is 2.76 bits per heavy atom. The molecule has 2 aliphatic heterocycles. The lowest BCUT2D eigenvalue weighted by atomic mass is 9.89. The van der Waals surface area contributed by atoms with Gasteiger partial charge in [-0.2, -0.15) is 5.26 Å². The predicted molar refractivity (Wildman–Crippen MR) is 103 cm³/mol. The Balaban J connectivity index is 1.47. The first-order valence-electron chi connectivity index (χ1n) is 9.76. The molecule has 1 aromatic carbocycles. The Labute approximate surface area is 168 Å². The average Bonchev–Trinajstić information content (AvgIpc) is 3.23. The van der Waals surface area contributed by atoms with Crippen molar-refractivity contribution in [1.82, 2.24) is 14.9 Å². The number of carbonyl (C=O) groups excluding carboxylic acids is 1. The molecule has 0 radical (unpaired) electrons. The van der Waals surface area contributed by atoms with Crippen molar-refractivity contribution in [3.8, 4) is 6.07 Å². The number of aliphatic hydroxyl groups is 1. The van der Waals surface area contributed by atoms with Crippen LogP contribution >= 0.6 is 0 Å². The number of benzene rings is 1. The maximum Gasteiger partial charge on any atom is 0.255 e. The monoisotopic (exact) mass is 395 g/mol. The first-order chi connectivity index (χ1) is 14.0. The molecule has 8 heteroatoms. The summed E-state index contributed by atoms with van der Waals surface area (Å²) < 4.78 is 13.6. The summed E-state index contributed by atoms with van der Waals surface area (Å²) in [6.45, 7) is 1.45. The number of hydrogen-bond acceptors (Lipinski definition) is 6. The maximum atomic E-state index is 13.6. The summed E-state index contributed by atoms with van der Waals surface area (Å²) in [6.07, 6.45) is 3.46. The molecule has 0 unspecified atom stereocenters. The number of aromatic nitrogens is 2. The summed E-state index contributed by atoms with van der Waals surface area (Å²) in [7, 11) is 0. The molecule has 150 valence electrons. The summed E-state index contributed by atoms with van der Waals surface area (Å²) in [5, 5.41) is 20.1. The second-order valence-electron chi connectivity index (χ2n) is 7.60. The van der Waals surface area contributed by atoms with Crippen molar-refractivity contribution in [3.63, 3.8) is 0 Å². The van der Waals surface area contributed by atoms with Crippen molar-refractivity contribution < 1.29 is 14.3 Å². The normalized spacial score (nSPS) is 21.1. The number of hydrogen-bond donors (Lipinski definition) is 1. The molecule has 1 atom stereocenters. The predicted octanol–water partition coefficient (Wildman–Crippen LogP) is 2.18.